The topological polar surface area (TPSA) is 26.0 Å². The van der Waals surface area contributed by atoms with Gasteiger partial charge in [-0.25, -0.2) is 0 Å². The van der Waals surface area contributed by atoms with Gasteiger partial charge in [-0.2, -0.15) is 0 Å². The number of benzene rings is 2. The Balaban J connectivity index is 1.87. The third-order valence-corrected chi connectivity index (χ3v) is 4.66. The molecule has 0 aliphatic heterocycles. The average Bonchev–Trinajstić information content (AvgIpc) is 2.85. The SMILES string of the molecule is Cc1ccsc1C(N)Cc1ccc2ccccc2c1. The van der Waals surface area contributed by atoms with Crippen molar-refractivity contribution in [1.29, 1.82) is 0 Å². The molecule has 0 saturated heterocycles. The molecule has 0 bridgehead atoms. The Morgan fingerprint density at radius 3 is 2.58 bits per heavy atom. The molecular weight excluding hydrogens is 250 g/mol. The molecule has 1 heterocycles. The first-order chi connectivity index (χ1) is 9.24. The summed E-state index contributed by atoms with van der Waals surface area (Å²) in [4.78, 5) is 1.30. The number of aryl methyl sites for hydroxylation is 1. The van der Waals surface area contributed by atoms with E-state index < -0.39 is 0 Å². The molecule has 0 aliphatic rings. The lowest BCUT2D eigenvalue weighted by Crippen LogP contribution is -2.12. The maximum atomic E-state index is 6.33. The van der Waals surface area contributed by atoms with Crippen LogP contribution in [-0.2, 0) is 6.42 Å². The van der Waals surface area contributed by atoms with E-state index in [1.165, 1.54) is 26.8 Å². The van der Waals surface area contributed by atoms with Gasteiger partial charge in [-0.3, -0.25) is 0 Å². The monoisotopic (exact) mass is 267 g/mol. The molecule has 1 aromatic heterocycles. The minimum Gasteiger partial charge on any atom is -0.323 e. The van der Waals surface area contributed by atoms with E-state index in [1.807, 2.05) is 0 Å². The molecule has 2 aromatic carbocycles. The number of hydrogen-bond donors (Lipinski definition) is 1. The summed E-state index contributed by atoms with van der Waals surface area (Å²) in [6.45, 7) is 2.13. The summed E-state index contributed by atoms with van der Waals surface area (Å²) in [5.74, 6) is 0. The Kier molecular flexibility index (Phi) is 3.36. The first-order valence-corrected chi connectivity index (χ1v) is 7.39. The van der Waals surface area contributed by atoms with Crippen LogP contribution in [0.4, 0.5) is 0 Å². The first-order valence-electron chi connectivity index (χ1n) is 6.51. The quantitative estimate of drug-likeness (QED) is 0.745. The van der Waals surface area contributed by atoms with Crippen LogP contribution in [0.3, 0.4) is 0 Å². The molecule has 0 fully saturated rings. The number of hydrogen-bond acceptors (Lipinski definition) is 2. The zero-order valence-corrected chi connectivity index (χ0v) is 11.8. The Bertz CT molecular complexity index is 699. The van der Waals surface area contributed by atoms with Gasteiger partial charge in [0.1, 0.15) is 0 Å². The van der Waals surface area contributed by atoms with E-state index in [4.69, 9.17) is 5.73 Å². The molecule has 3 aromatic rings. The molecule has 2 N–H and O–H groups in total. The van der Waals surface area contributed by atoms with Crippen LogP contribution in [0.1, 0.15) is 22.0 Å². The van der Waals surface area contributed by atoms with Gasteiger partial charge in [-0.05, 0) is 46.7 Å². The Morgan fingerprint density at radius 1 is 1.05 bits per heavy atom. The van der Waals surface area contributed by atoms with E-state index in [0.29, 0.717) is 0 Å². The maximum absolute atomic E-state index is 6.33. The number of nitrogens with two attached hydrogens (primary N) is 1. The molecule has 2 heteroatoms. The lowest BCUT2D eigenvalue weighted by atomic mass is 10.0. The van der Waals surface area contributed by atoms with E-state index >= 15 is 0 Å². The minimum atomic E-state index is 0.0983. The highest BCUT2D eigenvalue weighted by Gasteiger charge is 2.11. The van der Waals surface area contributed by atoms with Crippen molar-refractivity contribution < 1.29 is 0 Å². The molecule has 19 heavy (non-hydrogen) atoms. The molecule has 3 rings (SSSR count). The van der Waals surface area contributed by atoms with Crippen molar-refractivity contribution >= 4 is 22.1 Å². The van der Waals surface area contributed by atoms with E-state index in [-0.39, 0.29) is 6.04 Å². The fourth-order valence-corrected chi connectivity index (χ4v) is 3.41. The van der Waals surface area contributed by atoms with Crippen LogP contribution in [0.2, 0.25) is 0 Å². The predicted octanol–water partition coefficient (Wildman–Crippen LogP) is 4.45. The van der Waals surface area contributed by atoms with Crippen LogP contribution in [0.15, 0.2) is 53.9 Å². The zero-order valence-electron chi connectivity index (χ0n) is 11.0. The number of thiophene rings is 1. The van der Waals surface area contributed by atoms with E-state index in [9.17, 15) is 0 Å². The van der Waals surface area contributed by atoms with Gasteiger partial charge in [0.15, 0.2) is 0 Å². The summed E-state index contributed by atoms with van der Waals surface area (Å²) in [7, 11) is 0. The van der Waals surface area contributed by atoms with Crippen molar-refractivity contribution in [2.24, 2.45) is 5.73 Å². The third kappa shape index (κ3) is 2.55. The highest BCUT2D eigenvalue weighted by Crippen LogP contribution is 2.26. The standard InChI is InChI=1S/C17H17NS/c1-12-8-9-19-17(12)16(18)11-13-6-7-14-4-2-3-5-15(14)10-13/h2-10,16H,11,18H2,1H3. The average molecular weight is 267 g/mol. The second-order valence-corrected chi connectivity index (χ2v) is 5.91. The molecule has 96 valence electrons. The largest absolute Gasteiger partial charge is 0.323 e. The lowest BCUT2D eigenvalue weighted by Gasteiger charge is -2.12. The summed E-state index contributed by atoms with van der Waals surface area (Å²) in [6, 6.07) is 17.3. The molecule has 0 aliphatic carbocycles. The van der Waals surface area contributed by atoms with Crippen molar-refractivity contribution in [3.05, 3.63) is 69.9 Å². The van der Waals surface area contributed by atoms with Crippen molar-refractivity contribution in [2.45, 2.75) is 19.4 Å². The van der Waals surface area contributed by atoms with Gasteiger partial charge in [-0.15, -0.1) is 11.3 Å². The van der Waals surface area contributed by atoms with Gasteiger partial charge >= 0.3 is 0 Å². The van der Waals surface area contributed by atoms with Gasteiger partial charge in [0, 0.05) is 10.9 Å². The predicted molar refractivity (Wildman–Crippen MR) is 83.6 cm³/mol. The van der Waals surface area contributed by atoms with Crippen molar-refractivity contribution in [1.82, 2.24) is 0 Å². The fourth-order valence-electron chi connectivity index (χ4n) is 2.48. The smallest absolute Gasteiger partial charge is 0.0433 e. The van der Waals surface area contributed by atoms with Crippen LogP contribution < -0.4 is 5.73 Å². The lowest BCUT2D eigenvalue weighted by molar-refractivity contribution is 0.733. The zero-order chi connectivity index (χ0) is 13.2. The van der Waals surface area contributed by atoms with E-state index in [0.717, 1.165) is 6.42 Å². The molecule has 0 amide bonds. The van der Waals surface area contributed by atoms with Gasteiger partial charge < -0.3 is 5.73 Å². The Hall–Kier alpha value is -1.64. The summed E-state index contributed by atoms with van der Waals surface area (Å²) >= 11 is 1.76. The second kappa shape index (κ2) is 5.16. The molecule has 0 saturated carbocycles. The molecule has 0 radical (unpaired) electrons. The number of rotatable bonds is 3. The second-order valence-electron chi connectivity index (χ2n) is 4.96. The van der Waals surface area contributed by atoms with Crippen molar-refractivity contribution in [3.8, 4) is 0 Å². The van der Waals surface area contributed by atoms with Crippen LogP contribution in [0.5, 0.6) is 0 Å². The minimum absolute atomic E-state index is 0.0983. The van der Waals surface area contributed by atoms with E-state index in [2.05, 4.69) is 60.8 Å². The summed E-state index contributed by atoms with van der Waals surface area (Å²) in [5.41, 5.74) is 8.94. The molecule has 1 atom stereocenters. The van der Waals surface area contributed by atoms with Gasteiger partial charge in [-0.1, -0.05) is 42.5 Å². The Labute approximate surface area is 117 Å². The van der Waals surface area contributed by atoms with Crippen molar-refractivity contribution in [3.63, 3.8) is 0 Å². The van der Waals surface area contributed by atoms with Crippen LogP contribution in [0, 0.1) is 6.92 Å². The Morgan fingerprint density at radius 2 is 1.84 bits per heavy atom. The van der Waals surface area contributed by atoms with Crippen molar-refractivity contribution in [2.75, 3.05) is 0 Å². The van der Waals surface area contributed by atoms with Crippen LogP contribution in [0.25, 0.3) is 10.8 Å². The number of fused-ring (bicyclic) bond motifs is 1. The highest BCUT2D eigenvalue weighted by molar-refractivity contribution is 7.10. The summed E-state index contributed by atoms with van der Waals surface area (Å²) < 4.78 is 0. The molecule has 1 unspecified atom stereocenters. The fraction of sp³-hybridized carbons (Fsp3) is 0.176. The van der Waals surface area contributed by atoms with Gasteiger partial charge in [0.05, 0.1) is 0 Å². The molecule has 1 nitrogen and oxygen atoms in total. The highest BCUT2D eigenvalue weighted by atomic mass is 32.1. The summed E-state index contributed by atoms with van der Waals surface area (Å²) in [6.07, 6.45) is 0.895. The van der Waals surface area contributed by atoms with Crippen LogP contribution >= 0.6 is 11.3 Å². The van der Waals surface area contributed by atoms with Gasteiger partial charge in [0.25, 0.3) is 0 Å². The molecule has 0 spiro atoms. The maximum Gasteiger partial charge on any atom is 0.0433 e. The van der Waals surface area contributed by atoms with Crippen LogP contribution in [-0.4, -0.2) is 0 Å². The normalized spacial score (nSPS) is 12.7. The van der Waals surface area contributed by atoms with E-state index in [1.54, 1.807) is 11.3 Å². The third-order valence-electron chi connectivity index (χ3n) is 3.51. The first kappa shape index (κ1) is 12.4. The summed E-state index contributed by atoms with van der Waals surface area (Å²) in [5, 5.41) is 4.69. The molecular formula is C17H17NS. The van der Waals surface area contributed by atoms with Gasteiger partial charge in [0.2, 0.25) is 0 Å².